The lowest BCUT2D eigenvalue weighted by Crippen LogP contribution is -2.27. The molecule has 0 fully saturated rings. The van der Waals surface area contributed by atoms with Crippen LogP contribution in [0, 0.1) is 12.3 Å². The van der Waals surface area contributed by atoms with Crippen LogP contribution in [0.2, 0.25) is 0 Å². The van der Waals surface area contributed by atoms with Crippen molar-refractivity contribution in [3.05, 3.63) is 6.92 Å². The Hall–Kier alpha value is -0.0800. The van der Waals surface area contributed by atoms with Crippen molar-refractivity contribution in [1.29, 1.82) is 0 Å². The molecule has 0 aliphatic rings. The molecule has 0 aliphatic heterocycles. The van der Waals surface area contributed by atoms with E-state index in [0.717, 1.165) is 6.42 Å². The second-order valence-electron chi connectivity index (χ2n) is 2.42. The first-order chi connectivity index (χ1) is 4.24. The molecule has 0 aliphatic carbocycles. The zero-order chi connectivity index (χ0) is 7.33. The predicted octanol–water partition coefficient (Wildman–Crippen LogP) is 0.592. The standard InChI is InChI=1S/C7H15O2/c1-3-7(4-2,5-8)6-9/h8-9H,1,3-6H2,2H3. The molecule has 2 N–H and O–H groups in total. The first kappa shape index (κ1) is 8.92. The lowest BCUT2D eigenvalue weighted by atomic mass is 9.84. The van der Waals surface area contributed by atoms with E-state index in [1.807, 2.05) is 6.92 Å². The number of hydrogen-bond donors (Lipinski definition) is 2. The second-order valence-corrected chi connectivity index (χ2v) is 2.42. The van der Waals surface area contributed by atoms with Crippen LogP contribution in [0.15, 0.2) is 0 Å². The van der Waals surface area contributed by atoms with E-state index in [-0.39, 0.29) is 18.6 Å². The molecule has 0 aromatic rings. The van der Waals surface area contributed by atoms with Gasteiger partial charge in [-0.25, -0.2) is 0 Å². The number of rotatable bonds is 4. The minimum atomic E-state index is -0.333. The maximum Gasteiger partial charge on any atom is 0.0509 e. The van der Waals surface area contributed by atoms with E-state index >= 15 is 0 Å². The van der Waals surface area contributed by atoms with Crippen LogP contribution in [0.3, 0.4) is 0 Å². The molecule has 0 aromatic carbocycles. The van der Waals surface area contributed by atoms with Gasteiger partial charge < -0.3 is 10.2 Å². The Labute approximate surface area is 56.5 Å². The molecule has 9 heavy (non-hydrogen) atoms. The molecule has 0 amide bonds. The van der Waals surface area contributed by atoms with E-state index < -0.39 is 0 Å². The van der Waals surface area contributed by atoms with Gasteiger partial charge in [-0.2, -0.15) is 0 Å². The van der Waals surface area contributed by atoms with E-state index in [0.29, 0.717) is 6.42 Å². The third-order valence-electron chi connectivity index (χ3n) is 1.95. The Balaban J connectivity index is 3.82. The fraction of sp³-hybridized carbons (Fsp3) is 0.857. The number of aliphatic hydroxyl groups is 2. The summed E-state index contributed by atoms with van der Waals surface area (Å²) in [5, 5.41) is 17.6. The summed E-state index contributed by atoms with van der Waals surface area (Å²) in [4.78, 5) is 0. The van der Waals surface area contributed by atoms with E-state index in [1.54, 1.807) is 0 Å². The molecular weight excluding hydrogens is 116 g/mol. The normalized spacial score (nSPS) is 12.0. The van der Waals surface area contributed by atoms with Crippen LogP contribution in [0.1, 0.15) is 19.8 Å². The van der Waals surface area contributed by atoms with Gasteiger partial charge in [-0.1, -0.05) is 13.8 Å². The number of hydrogen-bond acceptors (Lipinski definition) is 2. The largest absolute Gasteiger partial charge is 0.396 e. The van der Waals surface area contributed by atoms with E-state index in [1.165, 1.54) is 0 Å². The van der Waals surface area contributed by atoms with Crippen molar-refractivity contribution in [2.75, 3.05) is 13.2 Å². The Bertz CT molecular complexity index is 49.8. The SMILES string of the molecule is [CH2]CC(CC)(CO)CO. The topological polar surface area (TPSA) is 40.5 Å². The molecule has 0 heterocycles. The predicted molar refractivity (Wildman–Crippen MR) is 36.9 cm³/mol. The monoisotopic (exact) mass is 131 g/mol. The van der Waals surface area contributed by atoms with Crippen molar-refractivity contribution < 1.29 is 10.2 Å². The molecule has 0 spiro atoms. The summed E-state index contributed by atoms with van der Waals surface area (Å²) in [5.74, 6) is 0. The van der Waals surface area contributed by atoms with Crippen molar-refractivity contribution in [3.63, 3.8) is 0 Å². The first-order valence-electron chi connectivity index (χ1n) is 3.25. The summed E-state index contributed by atoms with van der Waals surface area (Å²) in [6.45, 7) is 5.66. The summed E-state index contributed by atoms with van der Waals surface area (Å²) >= 11 is 0. The molecule has 55 valence electrons. The molecule has 0 rings (SSSR count). The van der Waals surface area contributed by atoms with E-state index in [9.17, 15) is 0 Å². The van der Waals surface area contributed by atoms with E-state index in [4.69, 9.17) is 10.2 Å². The third-order valence-corrected chi connectivity index (χ3v) is 1.95. The van der Waals surface area contributed by atoms with Gasteiger partial charge >= 0.3 is 0 Å². The van der Waals surface area contributed by atoms with Crippen LogP contribution in [0.4, 0.5) is 0 Å². The molecule has 0 aromatic heterocycles. The van der Waals surface area contributed by atoms with Crippen molar-refractivity contribution in [2.45, 2.75) is 19.8 Å². The molecule has 1 radical (unpaired) electrons. The molecule has 0 saturated carbocycles. The Morgan fingerprint density at radius 3 is 1.78 bits per heavy atom. The van der Waals surface area contributed by atoms with Crippen LogP contribution >= 0.6 is 0 Å². The molecule has 2 heteroatoms. The molecule has 0 atom stereocenters. The lowest BCUT2D eigenvalue weighted by molar-refractivity contribution is 0.0531. The van der Waals surface area contributed by atoms with Gasteiger partial charge in [0.05, 0.1) is 13.2 Å². The van der Waals surface area contributed by atoms with Gasteiger partial charge in [-0.15, -0.1) is 0 Å². The first-order valence-corrected chi connectivity index (χ1v) is 3.25. The third kappa shape index (κ3) is 1.95. The van der Waals surface area contributed by atoms with Crippen molar-refractivity contribution in [1.82, 2.24) is 0 Å². The second kappa shape index (κ2) is 3.85. The lowest BCUT2D eigenvalue weighted by Gasteiger charge is -2.25. The Kier molecular flexibility index (Phi) is 3.82. The summed E-state index contributed by atoms with van der Waals surface area (Å²) in [5.41, 5.74) is -0.333. The number of aliphatic hydroxyl groups excluding tert-OH is 2. The average Bonchev–Trinajstić information content (AvgIpc) is 1.95. The fourth-order valence-corrected chi connectivity index (χ4v) is 0.608. The minimum Gasteiger partial charge on any atom is -0.396 e. The van der Waals surface area contributed by atoms with Gasteiger partial charge in [-0.3, -0.25) is 0 Å². The van der Waals surface area contributed by atoms with Crippen molar-refractivity contribution >= 4 is 0 Å². The zero-order valence-electron chi connectivity index (χ0n) is 5.93. The Morgan fingerprint density at radius 2 is 1.78 bits per heavy atom. The van der Waals surface area contributed by atoms with Gasteiger partial charge in [0.15, 0.2) is 0 Å². The van der Waals surface area contributed by atoms with Gasteiger partial charge in [0, 0.05) is 5.41 Å². The fourth-order valence-electron chi connectivity index (χ4n) is 0.608. The van der Waals surface area contributed by atoms with Crippen LogP contribution in [0.5, 0.6) is 0 Å². The highest BCUT2D eigenvalue weighted by atomic mass is 16.3. The van der Waals surface area contributed by atoms with Gasteiger partial charge in [0.25, 0.3) is 0 Å². The zero-order valence-corrected chi connectivity index (χ0v) is 5.93. The summed E-state index contributed by atoms with van der Waals surface area (Å²) < 4.78 is 0. The minimum absolute atomic E-state index is 0.0312. The molecule has 0 unspecified atom stereocenters. The highest BCUT2D eigenvalue weighted by Gasteiger charge is 2.23. The maximum atomic E-state index is 8.78. The average molecular weight is 131 g/mol. The van der Waals surface area contributed by atoms with Crippen molar-refractivity contribution in [2.24, 2.45) is 5.41 Å². The highest BCUT2D eigenvalue weighted by Crippen LogP contribution is 2.23. The van der Waals surface area contributed by atoms with Gasteiger partial charge in [0.1, 0.15) is 0 Å². The highest BCUT2D eigenvalue weighted by molar-refractivity contribution is 4.76. The smallest absolute Gasteiger partial charge is 0.0509 e. The van der Waals surface area contributed by atoms with E-state index in [2.05, 4.69) is 6.92 Å². The van der Waals surface area contributed by atoms with Gasteiger partial charge in [0.2, 0.25) is 0 Å². The van der Waals surface area contributed by atoms with Crippen molar-refractivity contribution in [3.8, 4) is 0 Å². The molecule has 2 nitrogen and oxygen atoms in total. The van der Waals surface area contributed by atoms with Crippen LogP contribution < -0.4 is 0 Å². The van der Waals surface area contributed by atoms with Crippen LogP contribution in [-0.4, -0.2) is 23.4 Å². The molecular formula is C7H15O2. The quantitative estimate of drug-likeness (QED) is 0.586. The van der Waals surface area contributed by atoms with Gasteiger partial charge in [-0.05, 0) is 12.8 Å². The molecule has 0 saturated heterocycles. The summed E-state index contributed by atoms with van der Waals surface area (Å²) in [6.07, 6.45) is 1.38. The summed E-state index contributed by atoms with van der Waals surface area (Å²) in [7, 11) is 0. The van der Waals surface area contributed by atoms with Crippen LogP contribution in [0.25, 0.3) is 0 Å². The Morgan fingerprint density at radius 1 is 1.33 bits per heavy atom. The van der Waals surface area contributed by atoms with Crippen LogP contribution in [-0.2, 0) is 0 Å². The summed E-state index contributed by atoms with van der Waals surface area (Å²) in [6, 6.07) is 0. The molecule has 0 bridgehead atoms. The maximum absolute atomic E-state index is 8.78.